The van der Waals surface area contributed by atoms with Gasteiger partial charge >= 0.3 is 0 Å². The number of hydrogen-bond acceptors (Lipinski definition) is 5. The topological polar surface area (TPSA) is 62.3 Å². The van der Waals surface area contributed by atoms with Crippen molar-refractivity contribution in [3.63, 3.8) is 0 Å². The quantitative estimate of drug-likeness (QED) is 0.657. The largest absolute Gasteiger partial charge is 0.351 e. The predicted octanol–water partition coefficient (Wildman–Crippen LogP) is 3.77. The molecule has 3 aromatic rings. The summed E-state index contributed by atoms with van der Waals surface area (Å²) in [7, 11) is 0. The molecule has 0 aliphatic carbocycles. The Hall–Kier alpha value is -2.25. The van der Waals surface area contributed by atoms with Crippen LogP contribution in [-0.2, 0) is 4.79 Å². The van der Waals surface area contributed by atoms with Crippen LogP contribution in [0, 0.1) is 0 Å². The van der Waals surface area contributed by atoms with Crippen LogP contribution < -0.4 is 5.32 Å². The minimum Gasteiger partial charge on any atom is -0.351 e. The van der Waals surface area contributed by atoms with E-state index >= 15 is 0 Å². The third-order valence-electron chi connectivity index (χ3n) is 4.40. The van der Waals surface area contributed by atoms with Gasteiger partial charge in [0.2, 0.25) is 5.91 Å². The lowest BCUT2D eigenvalue weighted by Gasteiger charge is -2.15. The predicted molar refractivity (Wildman–Crippen MR) is 106 cm³/mol. The summed E-state index contributed by atoms with van der Waals surface area (Å²) in [5.41, 5.74) is 0.989. The third-order valence-corrected chi connectivity index (χ3v) is 6.69. The van der Waals surface area contributed by atoms with E-state index in [1.807, 2.05) is 35.2 Å². The number of rotatable bonds is 6. The third kappa shape index (κ3) is 3.64. The number of likely N-dealkylation sites (tertiary alicyclic amines) is 1. The molecule has 0 bridgehead atoms. The van der Waals surface area contributed by atoms with E-state index < -0.39 is 0 Å². The number of hydrogen-bond donors (Lipinski definition) is 1. The van der Waals surface area contributed by atoms with Crippen molar-refractivity contribution in [2.45, 2.75) is 19.3 Å². The molecule has 1 N–H and O–H groups in total. The molecule has 1 saturated heterocycles. The lowest BCUT2D eigenvalue weighted by atomic mass is 10.3. The minimum absolute atomic E-state index is 0.0601. The Morgan fingerprint density at radius 1 is 1.19 bits per heavy atom. The van der Waals surface area contributed by atoms with Crippen LogP contribution in [0.4, 0.5) is 0 Å². The molecule has 0 spiro atoms. The molecule has 134 valence electrons. The Kier molecular flexibility index (Phi) is 4.99. The summed E-state index contributed by atoms with van der Waals surface area (Å²) in [6.07, 6.45) is 2.40. The molecule has 1 fully saturated rings. The second kappa shape index (κ2) is 7.55. The molecular weight excluding hydrogens is 366 g/mol. The normalized spacial score (nSPS) is 14.3. The number of nitrogens with one attached hydrogen (secondary N) is 1. The van der Waals surface area contributed by atoms with Crippen molar-refractivity contribution in [2.75, 3.05) is 19.6 Å². The van der Waals surface area contributed by atoms with E-state index in [0.717, 1.165) is 46.0 Å². The molecule has 5 nitrogen and oxygen atoms in total. The van der Waals surface area contributed by atoms with Gasteiger partial charge in [-0.3, -0.25) is 9.59 Å². The van der Waals surface area contributed by atoms with E-state index in [4.69, 9.17) is 0 Å². The lowest BCUT2D eigenvalue weighted by Crippen LogP contribution is -2.30. The van der Waals surface area contributed by atoms with Crippen LogP contribution in [0.3, 0.4) is 0 Å². The zero-order valence-electron chi connectivity index (χ0n) is 14.2. The number of nitrogens with zero attached hydrogens (tertiary/aromatic N) is 2. The molecule has 0 unspecified atom stereocenters. The monoisotopic (exact) mass is 385 g/mol. The second-order valence-electron chi connectivity index (χ2n) is 6.24. The van der Waals surface area contributed by atoms with Crippen LogP contribution in [0.2, 0.25) is 0 Å². The molecule has 0 saturated carbocycles. The van der Waals surface area contributed by atoms with E-state index in [9.17, 15) is 9.59 Å². The molecule has 1 aromatic carbocycles. The zero-order chi connectivity index (χ0) is 17.9. The lowest BCUT2D eigenvalue weighted by molar-refractivity contribution is -0.127. The maximum Gasteiger partial charge on any atom is 0.261 e. The first-order valence-electron chi connectivity index (χ1n) is 8.72. The van der Waals surface area contributed by atoms with E-state index in [-0.39, 0.29) is 11.8 Å². The number of benzene rings is 1. The van der Waals surface area contributed by atoms with Crippen molar-refractivity contribution >= 4 is 44.7 Å². The van der Waals surface area contributed by atoms with E-state index in [1.54, 1.807) is 11.3 Å². The number of carbonyl (C=O) groups is 2. The Balaban J connectivity index is 1.33. The van der Waals surface area contributed by atoms with Crippen LogP contribution in [0.15, 0.2) is 36.4 Å². The fourth-order valence-corrected chi connectivity index (χ4v) is 4.99. The fourth-order valence-electron chi connectivity index (χ4n) is 3.05. The average Bonchev–Trinajstić information content (AvgIpc) is 3.37. The SMILES string of the molecule is O=C(NCCCN1CCCC1=O)c1ccc(-c2nc3ccccc3s2)s1. The van der Waals surface area contributed by atoms with Gasteiger partial charge < -0.3 is 10.2 Å². The number of aromatic nitrogens is 1. The van der Waals surface area contributed by atoms with Gasteiger partial charge in [0.15, 0.2) is 0 Å². The standard InChI is InChI=1S/C19H19N3O2S2/c23-17-7-3-11-22(17)12-4-10-20-18(24)15-8-9-16(25-15)19-21-13-5-1-2-6-14(13)26-19/h1-2,5-6,8-9H,3-4,7,10-12H2,(H,20,24). The van der Waals surface area contributed by atoms with Crippen molar-refractivity contribution in [3.8, 4) is 9.88 Å². The smallest absolute Gasteiger partial charge is 0.261 e. The minimum atomic E-state index is -0.0601. The van der Waals surface area contributed by atoms with E-state index in [0.29, 0.717) is 17.8 Å². The highest BCUT2D eigenvalue weighted by Gasteiger charge is 2.19. The fraction of sp³-hybridized carbons (Fsp3) is 0.316. The van der Waals surface area contributed by atoms with Crippen LogP contribution >= 0.6 is 22.7 Å². The van der Waals surface area contributed by atoms with Gasteiger partial charge in [-0.25, -0.2) is 4.98 Å². The Morgan fingerprint density at radius 2 is 2.08 bits per heavy atom. The molecule has 0 atom stereocenters. The Bertz CT molecular complexity index is 914. The molecule has 3 heterocycles. The maximum atomic E-state index is 12.3. The number of para-hydroxylation sites is 1. The van der Waals surface area contributed by atoms with E-state index in [1.165, 1.54) is 11.3 Å². The molecule has 1 aliphatic rings. The van der Waals surface area contributed by atoms with Crippen LogP contribution in [0.25, 0.3) is 20.1 Å². The van der Waals surface area contributed by atoms with Crippen molar-refractivity contribution in [1.82, 2.24) is 15.2 Å². The summed E-state index contributed by atoms with van der Waals surface area (Å²) in [5.74, 6) is 0.171. The summed E-state index contributed by atoms with van der Waals surface area (Å²) in [5, 5.41) is 3.89. The number of amides is 2. The molecule has 2 amide bonds. The Morgan fingerprint density at radius 3 is 2.88 bits per heavy atom. The molecule has 26 heavy (non-hydrogen) atoms. The highest BCUT2D eigenvalue weighted by molar-refractivity contribution is 7.26. The number of thiazole rings is 1. The highest BCUT2D eigenvalue weighted by Crippen LogP contribution is 2.34. The molecule has 1 aliphatic heterocycles. The van der Waals surface area contributed by atoms with Crippen molar-refractivity contribution in [2.24, 2.45) is 0 Å². The first-order valence-corrected chi connectivity index (χ1v) is 10.4. The first-order chi connectivity index (χ1) is 12.7. The molecule has 4 rings (SSSR count). The van der Waals surface area contributed by atoms with Gasteiger partial charge in [-0.2, -0.15) is 0 Å². The van der Waals surface area contributed by atoms with E-state index in [2.05, 4.69) is 16.4 Å². The number of thiophene rings is 1. The van der Waals surface area contributed by atoms with Crippen molar-refractivity contribution < 1.29 is 9.59 Å². The van der Waals surface area contributed by atoms with Gasteiger partial charge in [0, 0.05) is 26.1 Å². The average molecular weight is 386 g/mol. The van der Waals surface area contributed by atoms with Gasteiger partial charge in [-0.05, 0) is 37.1 Å². The van der Waals surface area contributed by atoms with Gasteiger partial charge in [0.25, 0.3) is 5.91 Å². The summed E-state index contributed by atoms with van der Waals surface area (Å²) >= 11 is 3.11. The zero-order valence-corrected chi connectivity index (χ0v) is 15.9. The highest BCUT2D eigenvalue weighted by atomic mass is 32.1. The van der Waals surface area contributed by atoms with Crippen molar-refractivity contribution in [3.05, 3.63) is 41.3 Å². The van der Waals surface area contributed by atoms with Crippen LogP contribution in [0.5, 0.6) is 0 Å². The van der Waals surface area contributed by atoms with Crippen LogP contribution in [0.1, 0.15) is 28.9 Å². The van der Waals surface area contributed by atoms with Gasteiger partial charge in [0.1, 0.15) is 5.01 Å². The molecular formula is C19H19N3O2S2. The Labute approximate surface area is 159 Å². The molecule has 0 radical (unpaired) electrons. The van der Waals surface area contributed by atoms with Crippen molar-refractivity contribution in [1.29, 1.82) is 0 Å². The molecule has 7 heteroatoms. The first kappa shape index (κ1) is 17.2. The summed E-state index contributed by atoms with van der Waals surface area (Å²) in [6.45, 7) is 2.15. The van der Waals surface area contributed by atoms with Gasteiger partial charge in [-0.1, -0.05) is 12.1 Å². The van der Waals surface area contributed by atoms with Gasteiger partial charge in [0.05, 0.1) is 20.0 Å². The van der Waals surface area contributed by atoms with Crippen LogP contribution in [-0.4, -0.2) is 41.3 Å². The van der Waals surface area contributed by atoms with Gasteiger partial charge in [-0.15, -0.1) is 22.7 Å². The number of fused-ring (bicyclic) bond motifs is 1. The molecule has 2 aromatic heterocycles. The number of carbonyl (C=O) groups excluding carboxylic acids is 2. The summed E-state index contributed by atoms with van der Waals surface area (Å²) in [6, 6.07) is 11.9. The second-order valence-corrected chi connectivity index (χ2v) is 8.36. The maximum absolute atomic E-state index is 12.3. The summed E-state index contributed by atoms with van der Waals surface area (Å²) in [4.78, 5) is 32.1. The summed E-state index contributed by atoms with van der Waals surface area (Å²) < 4.78 is 1.15.